The maximum Gasteiger partial charge on any atom is 0.147 e. The lowest BCUT2D eigenvalue weighted by Gasteiger charge is -2.01. The van der Waals surface area contributed by atoms with E-state index >= 15 is 0 Å². The van der Waals surface area contributed by atoms with Crippen LogP contribution in [-0.4, -0.2) is 15.1 Å². The molecular weight excluding hydrogens is 318 g/mol. The number of halogens is 1. The van der Waals surface area contributed by atoms with Crippen molar-refractivity contribution in [2.45, 2.75) is 24.6 Å². The summed E-state index contributed by atoms with van der Waals surface area (Å²) in [5.41, 5.74) is 2.76. The zero-order valence-electron chi connectivity index (χ0n) is 12.2. The average molecular weight is 332 g/mol. The van der Waals surface area contributed by atoms with Crippen LogP contribution in [0.25, 0.3) is 11.3 Å². The second-order valence-corrected chi connectivity index (χ2v) is 6.30. The summed E-state index contributed by atoms with van der Waals surface area (Å²) >= 11 is 7.50. The third-order valence-corrected chi connectivity index (χ3v) is 4.19. The number of hydrogen-bond donors (Lipinski definition) is 0. The van der Waals surface area contributed by atoms with Crippen molar-refractivity contribution in [1.29, 1.82) is 0 Å². The Morgan fingerprint density at radius 3 is 2.59 bits per heavy atom. The van der Waals surface area contributed by atoms with Gasteiger partial charge in [0.1, 0.15) is 22.3 Å². The number of thioether (sulfide) groups is 1. The van der Waals surface area contributed by atoms with E-state index in [1.807, 2.05) is 50.2 Å². The molecule has 0 saturated heterocycles. The molecule has 3 rings (SSSR count). The first-order chi connectivity index (χ1) is 10.6. The zero-order valence-corrected chi connectivity index (χ0v) is 13.8. The summed E-state index contributed by atoms with van der Waals surface area (Å²) in [6.07, 6.45) is 0. The molecule has 1 aromatic carbocycles. The fraction of sp³-hybridized carbons (Fsp3) is 0.188. The number of benzene rings is 1. The van der Waals surface area contributed by atoms with Crippen molar-refractivity contribution in [2.75, 3.05) is 0 Å². The van der Waals surface area contributed by atoms with Crippen LogP contribution >= 0.6 is 23.4 Å². The van der Waals surface area contributed by atoms with Gasteiger partial charge in [-0.1, -0.05) is 40.7 Å². The van der Waals surface area contributed by atoms with E-state index in [1.54, 1.807) is 11.8 Å². The molecular formula is C16H14ClN3OS. The van der Waals surface area contributed by atoms with Crippen LogP contribution in [0.3, 0.4) is 0 Å². The minimum atomic E-state index is 0.677. The Morgan fingerprint density at radius 1 is 1.09 bits per heavy atom. The number of rotatable bonds is 4. The summed E-state index contributed by atoms with van der Waals surface area (Å²) in [7, 11) is 0. The Labute approximate surface area is 137 Å². The van der Waals surface area contributed by atoms with Gasteiger partial charge in [0.05, 0.1) is 5.75 Å². The van der Waals surface area contributed by atoms with E-state index in [1.165, 1.54) is 0 Å². The van der Waals surface area contributed by atoms with Gasteiger partial charge >= 0.3 is 0 Å². The summed E-state index contributed by atoms with van der Waals surface area (Å²) in [6.45, 7) is 3.86. The van der Waals surface area contributed by atoms with Gasteiger partial charge in [0.25, 0.3) is 0 Å². The molecule has 0 aliphatic carbocycles. The number of nitrogens with zero attached hydrogens (tertiary/aromatic N) is 3. The lowest BCUT2D eigenvalue weighted by molar-refractivity contribution is 0.397. The van der Waals surface area contributed by atoms with Gasteiger partial charge in [0.15, 0.2) is 0 Å². The van der Waals surface area contributed by atoms with E-state index in [0.717, 1.165) is 33.6 Å². The second-order valence-electron chi connectivity index (χ2n) is 4.87. The predicted octanol–water partition coefficient (Wildman–Crippen LogP) is 4.69. The smallest absolute Gasteiger partial charge is 0.147 e. The molecule has 112 valence electrons. The van der Waals surface area contributed by atoms with E-state index in [0.29, 0.717) is 10.8 Å². The number of hydrogen-bond acceptors (Lipinski definition) is 5. The van der Waals surface area contributed by atoms with Crippen molar-refractivity contribution < 1.29 is 4.52 Å². The third-order valence-electron chi connectivity index (χ3n) is 3.00. The molecule has 0 radical (unpaired) electrons. The molecule has 22 heavy (non-hydrogen) atoms. The van der Waals surface area contributed by atoms with Crippen molar-refractivity contribution >= 4 is 23.4 Å². The minimum Gasteiger partial charge on any atom is -0.360 e. The first-order valence-electron chi connectivity index (χ1n) is 6.77. The topological polar surface area (TPSA) is 51.8 Å². The van der Waals surface area contributed by atoms with Crippen molar-refractivity contribution in [3.05, 3.63) is 58.7 Å². The maximum absolute atomic E-state index is 5.89. The summed E-state index contributed by atoms with van der Waals surface area (Å²) in [5.74, 6) is 2.27. The Kier molecular flexibility index (Phi) is 4.45. The first kappa shape index (κ1) is 15.1. The highest BCUT2D eigenvalue weighted by Gasteiger charge is 2.08. The normalized spacial score (nSPS) is 10.9. The van der Waals surface area contributed by atoms with Gasteiger partial charge in [-0.05, 0) is 32.0 Å². The Balaban J connectivity index is 1.70. The lowest BCUT2D eigenvalue weighted by atomic mass is 10.1. The summed E-state index contributed by atoms with van der Waals surface area (Å²) in [6, 6.07) is 11.4. The van der Waals surface area contributed by atoms with Crippen LogP contribution in [0, 0.1) is 13.8 Å². The van der Waals surface area contributed by atoms with E-state index in [2.05, 4.69) is 15.1 Å². The zero-order chi connectivity index (χ0) is 15.5. The standard InChI is InChI=1S/C16H14ClN3OS/c1-10-7-16(19-11(2)18-10)22-9-14-8-15(20-21-14)12-3-5-13(17)6-4-12/h3-8H,9H2,1-2H3. The van der Waals surface area contributed by atoms with Crippen LogP contribution in [0.2, 0.25) is 5.02 Å². The molecule has 0 fully saturated rings. The summed E-state index contributed by atoms with van der Waals surface area (Å²) < 4.78 is 5.38. The maximum atomic E-state index is 5.89. The molecule has 4 nitrogen and oxygen atoms in total. The van der Waals surface area contributed by atoms with Gasteiger partial charge < -0.3 is 4.52 Å². The van der Waals surface area contributed by atoms with Gasteiger partial charge in [0, 0.05) is 22.3 Å². The summed E-state index contributed by atoms with van der Waals surface area (Å²) in [5, 5.41) is 5.74. The fourth-order valence-corrected chi connectivity index (χ4v) is 3.04. The number of aromatic nitrogens is 3. The van der Waals surface area contributed by atoms with Gasteiger partial charge in [-0.15, -0.1) is 0 Å². The molecule has 0 saturated carbocycles. The molecule has 0 amide bonds. The van der Waals surface area contributed by atoms with Gasteiger partial charge in [-0.2, -0.15) is 0 Å². The Hall–Kier alpha value is -1.85. The Morgan fingerprint density at radius 2 is 1.86 bits per heavy atom. The van der Waals surface area contributed by atoms with Crippen molar-refractivity contribution in [3.63, 3.8) is 0 Å². The SMILES string of the molecule is Cc1cc(SCc2cc(-c3ccc(Cl)cc3)no2)nc(C)n1. The molecule has 2 aromatic heterocycles. The lowest BCUT2D eigenvalue weighted by Crippen LogP contribution is -1.92. The predicted molar refractivity (Wildman–Crippen MR) is 88.0 cm³/mol. The molecule has 0 N–H and O–H groups in total. The average Bonchev–Trinajstić information content (AvgIpc) is 2.94. The van der Waals surface area contributed by atoms with Crippen LogP contribution in [0.4, 0.5) is 0 Å². The van der Waals surface area contributed by atoms with E-state index in [-0.39, 0.29) is 0 Å². The molecule has 0 aliphatic heterocycles. The van der Waals surface area contributed by atoms with Gasteiger partial charge in [-0.25, -0.2) is 9.97 Å². The molecule has 0 aliphatic rings. The van der Waals surface area contributed by atoms with E-state index < -0.39 is 0 Å². The third kappa shape index (κ3) is 3.67. The van der Waals surface area contributed by atoms with Gasteiger partial charge in [0.2, 0.25) is 0 Å². The molecule has 6 heteroatoms. The molecule has 3 aromatic rings. The van der Waals surface area contributed by atoms with Crippen LogP contribution in [0.15, 0.2) is 45.9 Å². The van der Waals surface area contributed by atoms with Crippen LogP contribution in [0.5, 0.6) is 0 Å². The monoisotopic (exact) mass is 331 g/mol. The highest BCUT2D eigenvalue weighted by molar-refractivity contribution is 7.98. The molecule has 2 heterocycles. The van der Waals surface area contributed by atoms with E-state index in [4.69, 9.17) is 16.1 Å². The number of aryl methyl sites for hydroxylation is 2. The van der Waals surface area contributed by atoms with Crippen LogP contribution in [0.1, 0.15) is 17.3 Å². The largest absolute Gasteiger partial charge is 0.360 e. The minimum absolute atomic E-state index is 0.677. The van der Waals surface area contributed by atoms with Crippen molar-refractivity contribution in [3.8, 4) is 11.3 Å². The summed E-state index contributed by atoms with van der Waals surface area (Å²) in [4.78, 5) is 8.67. The van der Waals surface area contributed by atoms with Gasteiger partial charge in [-0.3, -0.25) is 0 Å². The molecule has 0 atom stereocenters. The van der Waals surface area contributed by atoms with Crippen LogP contribution < -0.4 is 0 Å². The Bertz CT molecular complexity index is 766. The second kappa shape index (κ2) is 6.50. The highest BCUT2D eigenvalue weighted by Crippen LogP contribution is 2.25. The first-order valence-corrected chi connectivity index (χ1v) is 8.13. The van der Waals surface area contributed by atoms with E-state index in [9.17, 15) is 0 Å². The van der Waals surface area contributed by atoms with Crippen LogP contribution in [-0.2, 0) is 5.75 Å². The quantitative estimate of drug-likeness (QED) is 0.512. The van der Waals surface area contributed by atoms with Crippen molar-refractivity contribution in [1.82, 2.24) is 15.1 Å². The molecule has 0 spiro atoms. The van der Waals surface area contributed by atoms with Crippen molar-refractivity contribution in [2.24, 2.45) is 0 Å². The fourth-order valence-electron chi connectivity index (χ4n) is 2.04. The highest BCUT2D eigenvalue weighted by atomic mass is 35.5. The molecule has 0 unspecified atom stereocenters. The molecule has 0 bridgehead atoms.